The van der Waals surface area contributed by atoms with E-state index in [1.54, 1.807) is 24.5 Å². The Hall–Kier alpha value is -3.22. The number of nitrogens with one attached hydrogen (secondary N) is 2. The zero-order valence-corrected chi connectivity index (χ0v) is 17.0. The molecular formula is C22H25N5O2. The Morgan fingerprint density at radius 2 is 2.14 bits per heavy atom. The highest BCUT2D eigenvalue weighted by Crippen LogP contribution is 2.43. The lowest BCUT2D eigenvalue weighted by Gasteiger charge is -2.34. The fourth-order valence-corrected chi connectivity index (χ4v) is 4.28. The molecule has 1 aliphatic heterocycles. The Morgan fingerprint density at radius 3 is 2.83 bits per heavy atom. The van der Waals surface area contributed by atoms with Gasteiger partial charge in [-0.2, -0.15) is 5.10 Å². The number of carbonyl (C=O) groups excluding carboxylic acids is 2. The van der Waals surface area contributed by atoms with Crippen LogP contribution in [0.4, 0.5) is 5.82 Å². The highest BCUT2D eigenvalue weighted by molar-refractivity contribution is 6.09. The van der Waals surface area contributed by atoms with Crippen molar-refractivity contribution in [2.24, 2.45) is 0 Å². The van der Waals surface area contributed by atoms with Gasteiger partial charge in [-0.1, -0.05) is 6.07 Å². The molecule has 2 N–H and O–H groups in total. The normalized spacial score (nSPS) is 19.1. The van der Waals surface area contributed by atoms with E-state index in [4.69, 9.17) is 0 Å². The average molecular weight is 391 g/mol. The lowest BCUT2D eigenvalue weighted by molar-refractivity contribution is -0.116. The second-order valence-electron chi connectivity index (χ2n) is 7.44. The van der Waals surface area contributed by atoms with Gasteiger partial charge in [-0.05, 0) is 45.7 Å². The van der Waals surface area contributed by atoms with Gasteiger partial charge in [0.2, 0.25) is 0 Å². The maximum Gasteiger partial charge on any atom is 0.255 e. The molecule has 29 heavy (non-hydrogen) atoms. The van der Waals surface area contributed by atoms with E-state index in [1.807, 2.05) is 31.5 Å². The maximum atomic E-state index is 13.3. The number of ketones is 1. The minimum Gasteiger partial charge on any atom is -0.362 e. The number of nitrogens with zero attached hydrogens (tertiary/aromatic N) is 3. The molecule has 1 aliphatic carbocycles. The molecule has 3 heterocycles. The lowest BCUT2D eigenvalue weighted by atomic mass is 9.75. The van der Waals surface area contributed by atoms with Crippen molar-refractivity contribution in [1.29, 1.82) is 0 Å². The first-order valence-electron chi connectivity index (χ1n) is 10.00. The Balaban J connectivity index is 1.82. The van der Waals surface area contributed by atoms with Gasteiger partial charge in [0.05, 0.1) is 6.20 Å². The third-order valence-corrected chi connectivity index (χ3v) is 5.68. The van der Waals surface area contributed by atoms with E-state index < -0.39 is 5.92 Å². The summed E-state index contributed by atoms with van der Waals surface area (Å²) in [5, 5.41) is 10.7. The molecule has 0 bridgehead atoms. The molecule has 2 aliphatic rings. The number of pyridine rings is 1. The number of carbonyl (C=O) groups is 2. The second-order valence-corrected chi connectivity index (χ2v) is 7.44. The van der Waals surface area contributed by atoms with E-state index in [-0.39, 0.29) is 11.7 Å². The first-order valence-corrected chi connectivity index (χ1v) is 10.00. The Bertz CT molecular complexity index is 1030. The number of hydrogen-bond donors (Lipinski definition) is 2. The molecule has 7 heteroatoms. The number of rotatable bonds is 4. The summed E-state index contributed by atoms with van der Waals surface area (Å²) in [5.74, 6) is -0.106. The summed E-state index contributed by atoms with van der Waals surface area (Å²) in [6, 6.07) is 5.36. The van der Waals surface area contributed by atoms with Crippen LogP contribution in [0.15, 0.2) is 53.1 Å². The number of Topliss-reactive ketones (excluding diaryl/α,β-unsaturated/α-hetero) is 1. The van der Waals surface area contributed by atoms with Crippen LogP contribution >= 0.6 is 0 Å². The highest BCUT2D eigenvalue weighted by Gasteiger charge is 2.39. The van der Waals surface area contributed by atoms with Gasteiger partial charge < -0.3 is 10.6 Å². The second kappa shape index (κ2) is 7.66. The van der Waals surface area contributed by atoms with Gasteiger partial charge in [-0.3, -0.25) is 14.3 Å². The van der Waals surface area contributed by atoms with Crippen LogP contribution in [0.2, 0.25) is 0 Å². The molecule has 0 saturated carbocycles. The number of anilines is 1. The molecule has 2 aromatic heterocycles. The van der Waals surface area contributed by atoms with Crippen molar-refractivity contribution in [3.63, 3.8) is 0 Å². The third-order valence-electron chi connectivity index (χ3n) is 5.68. The van der Waals surface area contributed by atoms with Gasteiger partial charge in [0.1, 0.15) is 5.82 Å². The number of hydrogen-bond acceptors (Lipinski definition) is 5. The first-order chi connectivity index (χ1) is 14.0. The molecule has 0 fully saturated rings. The molecule has 150 valence electrons. The van der Waals surface area contributed by atoms with Crippen LogP contribution in [0.1, 0.15) is 50.3 Å². The Morgan fingerprint density at radius 1 is 1.31 bits per heavy atom. The zero-order chi connectivity index (χ0) is 20.5. The summed E-state index contributed by atoms with van der Waals surface area (Å²) >= 11 is 0. The minimum absolute atomic E-state index is 0.100. The molecule has 0 radical (unpaired) electrons. The van der Waals surface area contributed by atoms with E-state index >= 15 is 0 Å². The largest absolute Gasteiger partial charge is 0.362 e. The van der Waals surface area contributed by atoms with Gasteiger partial charge in [-0.15, -0.1) is 0 Å². The molecule has 0 aromatic carbocycles. The molecule has 0 unspecified atom stereocenters. The zero-order valence-electron chi connectivity index (χ0n) is 17.0. The van der Waals surface area contributed by atoms with Crippen LogP contribution in [0.5, 0.6) is 0 Å². The fourth-order valence-electron chi connectivity index (χ4n) is 4.28. The summed E-state index contributed by atoms with van der Waals surface area (Å²) < 4.78 is 1.90. The van der Waals surface area contributed by atoms with Crippen molar-refractivity contribution in [1.82, 2.24) is 20.1 Å². The van der Waals surface area contributed by atoms with Crippen LogP contribution in [-0.4, -0.2) is 26.5 Å². The Labute approximate surface area is 169 Å². The van der Waals surface area contributed by atoms with Gasteiger partial charge in [0.25, 0.3) is 5.91 Å². The van der Waals surface area contributed by atoms with Gasteiger partial charge in [-0.25, -0.2) is 4.98 Å². The topological polar surface area (TPSA) is 88.9 Å². The maximum absolute atomic E-state index is 13.3. The van der Waals surface area contributed by atoms with E-state index in [2.05, 4.69) is 20.7 Å². The van der Waals surface area contributed by atoms with Crippen LogP contribution in [0.3, 0.4) is 0 Å². The third kappa shape index (κ3) is 3.37. The van der Waals surface area contributed by atoms with E-state index in [9.17, 15) is 9.59 Å². The summed E-state index contributed by atoms with van der Waals surface area (Å²) in [5.41, 5.74) is 4.82. The number of aryl methyl sites for hydroxylation is 1. The quantitative estimate of drug-likeness (QED) is 0.835. The standard InChI is InChI=1S/C22H25N5O2/c1-4-27-14(3)15(12-24-27)20-19(22(29)26-18-10-5-6-11-23-18)13(2)25-16-8-7-9-17(28)21(16)20/h5-6,10-12,20,25H,4,7-9H2,1-3H3,(H,23,26,29)/t20-/m1/s1. The van der Waals surface area contributed by atoms with E-state index in [1.165, 1.54) is 0 Å². The van der Waals surface area contributed by atoms with Crippen LogP contribution < -0.4 is 10.6 Å². The van der Waals surface area contributed by atoms with Crippen molar-refractivity contribution in [3.05, 3.63) is 64.4 Å². The number of allylic oxidation sites excluding steroid dienone is 3. The fraction of sp³-hybridized carbons (Fsp3) is 0.364. The SMILES string of the molecule is CCn1ncc([C@@H]2C(C(=O)Nc3ccccn3)=C(C)NC3=C2C(=O)CCC3)c1C. The lowest BCUT2D eigenvalue weighted by Crippen LogP contribution is -2.35. The van der Waals surface area contributed by atoms with Crippen molar-refractivity contribution in [3.8, 4) is 0 Å². The van der Waals surface area contributed by atoms with Crippen molar-refractivity contribution < 1.29 is 9.59 Å². The van der Waals surface area contributed by atoms with Gasteiger partial charge >= 0.3 is 0 Å². The molecule has 1 amide bonds. The molecule has 1 atom stereocenters. The summed E-state index contributed by atoms with van der Waals surface area (Å²) in [7, 11) is 0. The predicted octanol–water partition coefficient (Wildman–Crippen LogP) is 3.21. The summed E-state index contributed by atoms with van der Waals surface area (Å²) in [6.07, 6.45) is 5.57. The average Bonchev–Trinajstić information content (AvgIpc) is 3.08. The van der Waals surface area contributed by atoms with E-state index in [0.29, 0.717) is 23.4 Å². The molecular weight excluding hydrogens is 366 g/mol. The van der Waals surface area contributed by atoms with Crippen molar-refractivity contribution >= 4 is 17.5 Å². The monoisotopic (exact) mass is 391 g/mol. The number of aromatic nitrogens is 3. The molecule has 7 nitrogen and oxygen atoms in total. The van der Waals surface area contributed by atoms with E-state index in [0.717, 1.165) is 42.0 Å². The summed E-state index contributed by atoms with van der Waals surface area (Å²) in [6.45, 7) is 6.64. The van der Waals surface area contributed by atoms with Gasteiger partial charge in [0.15, 0.2) is 5.78 Å². The summed E-state index contributed by atoms with van der Waals surface area (Å²) in [4.78, 5) is 30.5. The smallest absolute Gasteiger partial charge is 0.255 e. The van der Waals surface area contributed by atoms with Crippen LogP contribution in [0.25, 0.3) is 0 Å². The number of dihydropyridines is 1. The first kappa shape index (κ1) is 19.1. The number of amides is 1. The molecule has 0 spiro atoms. The molecule has 2 aromatic rings. The minimum atomic E-state index is -0.428. The Kier molecular flexibility index (Phi) is 5.05. The van der Waals surface area contributed by atoms with Gasteiger partial charge in [0, 0.05) is 58.9 Å². The molecule has 4 rings (SSSR count). The predicted molar refractivity (Wildman–Crippen MR) is 110 cm³/mol. The van der Waals surface area contributed by atoms with Crippen LogP contribution in [0, 0.1) is 6.92 Å². The van der Waals surface area contributed by atoms with Crippen molar-refractivity contribution in [2.45, 2.75) is 52.5 Å². The van der Waals surface area contributed by atoms with Crippen LogP contribution in [-0.2, 0) is 16.1 Å². The highest BCUT2D eigenvalue weighted by atomic mass is 16.2. The van der Waals surface area contributed by atoms with Crippen molar-refractivity contribution in [2.75, 3.05) is 5.32 Å². The molecule has 0 saturated heterocycles.